The second-order valence-corrected chi connectivity index (χ2v) is 5.69. The van der Waals surface area contributed by atoms with Gasteiger partial charge in [0.2, 0.25) is 0 Å². The summed E-state index contributed by atoms with van der Waals surface area (Å²) in [5, 5.41) is 0. The summed E-state index contributed by atoms with van der Waals surface area (Å²) in [5.74, 6) is -0.675. The van der Waals surface area contributed by atoms with Gasteiger partial charge in [-0.25, -0.2) is 4.39 Å². The lowest BCUT2D eigenvalue weighted by molar-refractivity contribution is 0.0992. The van der Waals surface area contributed by atoms with Gasteiger partial charge < -0.3 is 4.90 Å². The summed E-state index contributed by atoms with van der Waals surface area (Å²) in [6.45, 7) is 3.96. The molecule has 0 aliphatic carbocycles. The molecule has 2 aromatic rings. The third kappa shape index (κ3) is 3.07. The molecular weight excluding hydrogens is 321 g/mol. The third-order valence-electron chi connectivity index (χ3n) is 3.06. The molecule has 0 radical (unpaired) electrons. The van der Waals surface area contributed by atoms with Crippen molar-refractivity contribution < 1.29 is 9.18 Å². The molecule has 2 aromatic carbocycles. The lowest BCUT2D eigenvalue weighted by atomic mass is 10.1. The molecule has 0 atom stereocenters. The van der Waals surface area contributed by atoms with Crippen LogP contribution in [0.1, 0.15) is 21.5 Å². The Kier molecular flexibility index (Phi) is 4.23. The summed E-state index contributed by atoms with van der Waals surface area (Å²) >= 11 is 3.08. The predicted molar refractivity (Wildman–Crippen MR) is 82.7 cm³/mol. The van der Waals surface area contributed by atoms with E-state index in [0.29, 0.717) is 10.0 Å². The van der Waals surface area contributed by atoms with E-state index >= 15 is 0 Å². The molecule has 0 aliphatic heterocycles. The van der Waals surface area contributed by atoms with Crippen LogP contribution in [0.4, 0.5) is 10.1 Å². The van der Waals surface area contributed by atoms with Gasteiger partial charge in [-0.1, -0.05) is 6.07 Å². The first kappa shape index (κ1) is 14.7. The molecule has 0 unspecified atom stereocenters. The van der Waals surface area contributed by atoms with E-state index in [-0.39, 0.29) is 5.91 Å². The maximum Gasteiger partial charge on any atom is 0.258 e. The molecule has 0 spiro atoms. The van der Waals surface area contributed by atoms with E-state index < -0.39 is 5.82 Å². The fourth-order valence-electron chi connectivity index (χ4n) is 2.08. The van der Waals surface area contributed by atoms with Crippen LogP contribution >= 0.6 is 15.9 Å². The molecular formula is C16H15BrFNO. The van der Waals surface area contributed by atoms with Crippen LogP contribution < -0.4 is 4.90 Å². The SMILES string of the molecule is Cc1cc(C)cc(N(C)C(=O)c2ccc(Br)c(F)c2)c1. The number of carbonyl (C=O) groups excluding carboxylic acids is 1. The third-order valence-corrected chi connectivity index (χ3v) is 3.71. The summed E-state index contributed by atoms with van der Waals surface area (Å²) in [6.07, 6.45) is 0. The molecule has 0 heterocycles. The maximum absolute atomic E-state index is 13.5. The average molecular weight is 336 g/mol. The molecule has 0 fully saturated rings. The fraction of sp³-hybridized carbons (Fsp3) is 0.188. The molecule has 0 aromatic heterocycles. The van der Waals surface area contributed by atoms with E-state index in [2.05, 4.69) is 15.9 Å². The zero-order chi connectivity index (χ0) is 14.9. The van der Waals surface area contributed by atoms with Crippen LogP contribution in [0.25, 0.3) is 0 Å². The summed E-state index contributed by atoms with van der Waals surface area (Å²) in [6, 6.07) is 10.3. The number of halogens is 2. The first-order valence-electron chi connectivity index (χ1n) is 6.20. The van der Waals surface area contributed by atoms with Gasteiger partial charge in [-0.2, -0.15) is 0 Å². The van der Waals surface area contributed by atoms with Gasteiger partial charge in [0.25, 0.3) is 5.91 Å². The Balaban J connectivity index is 2.34. The molecule has 104 valence electrons. The van der Waals surface area contributed by atoms with Gasteiger partial charge in [-0.05, 0) is 71.2 Å². The van der Waals surface area contributed by atoms with E-state index in [0.717, 1.165) is 16.8 Å². The second-order valence-electron chi connectivity index (χ2n) is 4.84. The normalized spacial score (nSPS) is 10.4. The highest BCUT2D eigenvalue weighted by atomic mass is 79.9. The minimum Gasteiger partial charge on any atom is -0.311 e. The van der Waals surface area contributed by atoms with Gasteiger partial charge in [-0.3, -0.25) is 4.79 Å². The quantitative estimate of drug-likeness (QED) is 0.792. The molecule has 0 N–H and O–H groups in total. The molecule has 0 bridgehead atoms. The molecule has 1 amide bonds. The lowest BCUT2D eigenvalue weighted by Crippen LogP contribution is -2.26. The van der Waals surface area contributed by atoms with Gasteiger partial charge >= 0.3 is 0 Å². The van der Waals surface area contributed by atoms with E-state index in [1.54, 1.807) is 13.1 Å². The van der Waals surface area contributed by atoms with Crippen molar-refractivity contribution in [2.24, 2.45) is 0 Å². The zero-order valence-electron chi connectivity index (χ0n) is 11.6. The highest BCUT2D eigenvalue weighted by Crippen LogP contribution is 2.21. The van der Waals surface area contributed by atoms with Crippen molar-refractivity contribution in [1.29, 1.82) is 0 Å². The summed E-state index contributed by atoms with van der Waals surface area (Å²) in [5.41, 5.74) is 3.30. The van der Waals surface area contributed by atoms with E-state index in [1.807, 2.05) is 32.0 Å². The average Bonchev–Trinajstić information content (AvgIpc) is 2.39. The predicted octanol–water partition coefficient (Wildman–Crippen LogP) is 4.48. The number of nitrogens with zero attached hydrogens (tertiary/aromatic N) is 1. The second kappa shape index (κ2) is 5.75. The standard InChI is InChI=1S/C16H15BrFNO/c1-10-6-11(2)8-13(7-10)19(3)16(20)12-4-5-14(17)15(18)9-12/h4-9H,1-3H3. The maximum atomic E-state index is 13.5. The number of benzene rings is 2. The Morgan fingerprint density at radius 2 is 1.70 bits per heavy atom. The molecule has 20 heavy (non-hydrogen) atoms. The lowest BCUT2D eigenvalue weighted by Gasteiger charge is -2.19. The van der Waals surface area contributed by atoms with Crippen molar-refractivity contribution in [3.63, 3.8) is 0 Å². The number of rotatable bonds is 2. The van der Waals surface area contributed by atoms with Gasteiger partial charge in [0.1, 0.15) is 5.82 Å². The number of hydrogen-bond donors (Lipinski definition) is 0. The van der Waals surface area contributed by atoms with Gasteiger partial charge in [-0.15, -0.1) is 0 Å². The highest BCUT2D eigenvalue weighted by molar-refractivity contribution is 9.10. The minimum atomic E-state index is -0.440. The number of hydrogen-bond acceptors (Lipinski definition) is 1. The Morgan fingerprint density at radius 1 is 1.10 bits per heavy atom. The van der Waals surface area contributed by atoms with Crippen LogP contribution in [0, 0.1) is 19.7 Å². The molecule has 2 nitrogen and oxygen atoms in total. The molecule has 0 saturated heterocycles. The summed E-state index contributed by atoms with van der Waals surface area (Å²) < 4.78 is 13.9. The number of carbonyl (C=O) groups is 1. The minimum absolute atomic E-state index is 0.235. The first-order chi connectivity index (χ1) is 9.38. The van der Waals surface area contributed by atoms with Crippen molar-refractivity contribution in [1.82, 2.24) is 0 Å². The zero-order valence-corrected chi connectivity index (χ0v) is 13.2. The van der Waals surface area contributed by atoms with Gasteiger partial charge in [0.15, 0.2) is 0 Å². The Bertz CT molecular complexity index is 649. The molecule has 0 saturated carbocycles. The van der Waals surface area contributed by atoms with Crippen LogP contribution in [0.15, 0.2) is 40.9 Å². The van der Waals surface area contributed by atoms with Crippen molar-refractivity contribution in [3.8, 4) is 0 Å². The highest BCUT2D eigenvalue weighted by Gasteiger charge is 2.15. The van der Waals surface area contributed by atoms with E-state index in [4.69, 9.17) is 0 Å². The van der Waals surface area contributed by atoms with Crippen molar-refractivity contribution in [2.45, 2.75) is 13.8 Å². The van der Waals surface area contributed by atoms with Crippen LogP contribution in [-0.2, 0) is 0 Å². The van der Waals surface area contributed by atoms with Gasteiger partial charge in [0.05, 0.1) is 4.47 Å². The monoisotopic (exact) mass is 335 g/mol. The smallest absolute Gasteiger partial charge is 0.258 e. The van der Waals surface area contributed by atoms with Gasteiger partial charge in [0, 0.05) is 18.3 Å². The fourth-order valence-corrected chi connectivity index (χ4v) is 2.33. The Labute approximate surface area is 126 Å². The number of aryl methyl sites for hydroxylation is 2. The van der Waals surface area contributed by atoms with E-state index in [1.165, 1.54) is 17.0 Å². The van der Waals surface area contributed by atoms with Crippen molar-refractivity contribution in [3.05, 3.63) is 63.4 Å². The molecule has 4 heteroatoms. The summed E-state index contributed by atoms with van der Waals surface area (Å²) in [7, 11) is 1.69. The topological polar surface area (TPSA) is 20.3 Å². The number of anilines is 1. The largest absolute Gasteiger partial charge is 0.311 e. The number of amides is 1. The van der Waals surface area contributed by atoms with Crippen molar-refractivity contribution >= 4 is 27.5 Å². The van der Waals surface area contributed by atoms with Crippen molar-refractivity contribution in [2.75, 3.05) is 11.9 Å². The van der Waals surface area contributed by atoms with E-state index in [9.17, 15) is 9.18 Å². The van der Waals surface area contributed by atoms with Crippen LogP contribution in [0.3, 0.4) is 0 Å². The van der Waals surface area contributed by atoms with Crippen LogP contribution in [0.5, 0.6) is 0 Å². The summed E-state index contributed by atoms with van der Waals surface area (Å²) in [4.78, 5) is 13.9. The van der Waals surface area contributed by atoms with Crippen LogP contribution in [0.2, 0.25) is 0 Å². The Morgan fingerprint density at radius 3 is 2.25 bits per heavy atom. The molecule has 2 rings (SSSR count). The van der Waals surface area contributed by atoms with Crippen LogP contribution in [-0.4, -0.2) is 13.0 Å². The first-order valence-corrected chi connectivity index (χ1v) is 6.99. The molecule has 0 aliphatic rings. The Hall–Kier alpha value is -1.68.